The zero-order valence-corrected chi connectivity index (χ0v) is 16.5. The molecule has 0 saturated heterocycles. The van der Waals surface area contributed by atoms with E-state index in [1.165, 1.54) is 14.0 Å². The Morgan fingerprint density at radius 3 is 2.42 bits per heavy atom. The number of benzene rings is 2. The molecule has 2 N–H and O–H groups in total. The molecule has 0 spiro atoms. The Hall–Kier alpha value is -2.54. The highest BCUT2D eigenvalue weighted by Crippen LogP contribution is 2.37. The first-order valence-electron chi connectivity index (χ1n) is 8.14. The molecule has 138 valence electrons. The fraction of sp³-hybridized carbons (Fsp3) is 0.263. The minimum atomic E-state index is -0.300. The predicted molar refractivity (Wildman–Crippen MR) is 105 cm³/mol. The van der Waals surface area contributed by atoms with E-state index in [4.69, 9.17) is 9.47 Å². The molecule has 0 aliphatic carbocycles. The number of methoxy groups -OCH3 is 1. The van der Waals surface area contributed by atoms with Gasteiger partial charge in [0.05, 0.1) is 18.2 Å². The summed E-state index contributed by atoms with van der Waals surface area (Å²) in [6, 6.07) is 10.2. The van der Waals surface area contributed by atoms with Crippen LogP contribution >= 0.6 is 15.9 Å². The third-order valence-corrected chi connectivity index (χ3v) is 3.97. The number of amides is 2. The zero-order valence-electron chi connectivity index (χ0n) is 14.9. The molecule has 0 radical (unpaired) electrons. The maximum atomic E-state index is 12.6. The summed E-state index contributed by atoms with van der Waals surface area (Å²) in [5, 5.41) is 5.48. The third-order valence-electron chi connectivity index (χ3n) is 3.38. The van der Waals surface area contributed by atoms with Gasteiger partial charge in [-0.3, -0.25) is 9.59 Å². The number of rotatable bonds is 7. The van der Waals surface area contributed by atoms with E-state index in [1.54, 1.807) is 36.4 Å². The number of ether oxygens (including phenoxy) is 2. The van der Waals surface area contributed by atoms with Crippen molar-refractivity contribution >= 4 is 39.1 Å². The molecule has 0 aliphatic heterocycles. The average Bonchev–Trinajstić information content (AvgIpc) is 2.59. The van der Waals surface area contributed by atoms with Gasteiger partial charge in [0.2, 0.25) is 5.91 Å². The summed E-state index contributed by atoms with van der Waals surface area (Å²) in [5.41, 5.74) is 1.60. The van der Waals surface area contributed by atoms with Gasteiger partial charge in [-0.05, 0) is 52.7 Å². The molecule has 26 heavy (non-hydrogen) atoms. The highest BCUT2D eigenvalue weighted by atomic mass is 79.9. The van der Waals surface area contributed by atoms with E-state index in [0.717, 1.165) is 6.42 Å². The molecule has 2 aromatic rings. The number of halogens is 1. The highest BCUT2D eigenvalue weighted by molar-refractivity contribution is 9.10. The summed E-state index contributed by atoms with van der Waals surface area (Å²) >= 11 is 3.43. The molecule has 2 rings (SSSR count). The molecule has 0 bridgehead atoms. The fourth-order valence-corrected chi connectivity index (χ4v) is 2.83. The molecule has 0 aliphatic rings. The molecule has 0 unspecified atom stereocenters. The number of carbonyl (C=O) groups excluding carboxylic acids is 2. The molecule has 6 nitrogen and oxygen atoms in total. The Labute approximate surface area is 161 Å². The zero-order chi connectivity index (χ0) is 19.1. The standard InChI is InChI=1S/C19H21BrN2O4/c1-4-8-26-18-16(20)9-13(10-17(18)25-3)19(24)22-15-7-5-6-14(11-15)21-12(2)23/h5-7,9-11H,4,8H2,1-3H3,(H,21,23)(H,22,24). The van der Waals surface area contributed by atoms with E-state index in [9.17, 15) is 9.59 Å². The maximum Gasteiger partial charge on any atom is 0.255 e. The van der Waals surface area contributed by atoms with Crippen molar-refractivity contribution in [3.05, 3.63) is 46.4 Å². The lowest BCUT2D eigenvalue weighted by molar-refractivity contribution is -0.114. The Morgan fingerprint density at radius 2 is 1.81 bits per heavy atom. The first-order chi connectivity index (χ1) is 12.4. The summed E-state index contributed by atoms with van der Waals surface area (Å²) in [4.78, 5) is 23.7. The van der Waals surface area contributed by atoms with Gasteiger partial charge in [0, 0.05) is 23.9 Å². The second-order valence-corrected chi connectivity index (χ2v) is 6.41. The van der Waals surface area contributed by atoms with Crippen LogP contribution in [-0.4, -0.2) is 25.5 Å². The summed E-state index contributed by atoms with van der Waals surface area (Å²) in [6.45, 7) is 3.99. The van der Waals surface area contributed by atoms with Gasteiger partial charge in [-0.15, -0.1) is 0 Å². The van der Waals surface area contributed by atoms with Crippen LogP contribution in [0.25, 0.3) is 0 Å². The Kier molecular flexibility index (Phi) is 7.03. The second kappa shape index (κ2) is 9.24. The number of hydrogen-bond acceptors (Lipinski definition) is 4. The van der Waals surface area contributed by atoms with Crippen LogP contribution in [0.4, 0.5) is 11.4 Å². The maximum absolute atomic E-state index is 12.6. The number of anilines is 2. The summed E-state index contributed by atoms with van der Waals surface area (Å²) in [7, 11) is 1.53. The minimum absolute atomic E-state index is 0.176. The van der Waals surface area contributed by atoms with Gasteiger partial charge < -0.3 is 20.1 Å². The molecule has 0 aromatic heterocycles. The third kappa shape index (κ3) is 5.23. The van der Waals surface area contributed by atoms with Crippen molar-refractivity contribution < 1.29 is 19.1 Å². The van der Waals surface area contributed by atoms with Crippen LogP contribution in [0.5, 0.6) is 11.5 Å². The van der Waals surface area contributed by atoms with Gasteiger partial charge >= 0.3 is 0 Å². The van der Waals surface area contributed by atoms with Gasteiger partial charge in [-0.25, -0.2) is 0 Å². The molecule has 2 amide bonds. The van der Waals surface area contributed by atoms with E-state index < -0.39 is 0 Å². The van der Waals surface area contributed by atoms with Crippen LogP contribution in [0.2, 0.25) is 0 Å². The van der Waals surface area contributed by atoms with Crippen molar-refractivity contribution in [1.82, 2.24) is 0 Å². The van der Waals surface area contributed by atoms with E-state index in [2.05, 4.69) is 26.6 Å². The minimum Gasteiger partial charge on any atom is -0.493 e. The first kappa shape index (κ1) is 19.8. The average molecular weight is 421 g/mol. The van der Waals surface area contributed by atoms with E-state index in [0.29, 0.717) is 39.5 Å². The van der Waals surface area contributed by atoms with Gasteiger partial charge in [0.1, 0.15) is 0 Å². The Morgan fingerprint density at radius 1 is 1.12 bits per heavy atom. The van der Waals surface area contributed by atoms with Crippen molar-refractivity contribution in [1.29, 1.82) is 0 Å². The Balaban J connectivity index is 2.21. The number of carbonyl (C=O) groups is 2. The van der Waals surface area contributed by atoms with Gasteiger partial charge in [0.15, 0.2) is 11.5 Å². The molecule has 0 atom stereocenters. The number of nitrogens with one attached hydrogen (secondary N) is 2. The first-order valence-corrected chi connectivity index (χ1v) is 8.93. The lowest BCUT2D eigenvalue weighted by Crippen LogP contribution is -2.13. The molecule has 0 heterocycles. The van der Waals surface area contributed by atoms with E-state index in [-0.39, 0.29) is 11.8 Å². The number of hydrogen-bond donors (Lipinski definition) is 2. The normalized spacial score (nSPS) is 10.2. The van der Waals surface area contributed by atoms with Crippen LogP contribution < -0.4 is 20.1 Å². The van der Waals surface area contributed by atoms with Crippen molar-refractivity contribution in [3.63, 3.8) is 0 Å². The smallest absolute Gasteiger partial charge is 0.255 e. The summed E-state index contributed by atoms with van der Waals surface area (Å²) in [6.07, 6.45) is 0.864. The molecule has 0 fully saturated rings. The van der Waals surface area contributed by atoms with Gasteiger partial charge in [-0.1, -0.05) is 13.0 Å². The van der Waals surface area contributed by atoms with Crippen LogP contribution in [0.3, 0.4) is 0 Å². The summed E-state index contributed by atoms with van der Waals surface area (Å²) in [5.74, 6) is 0.569. The quantitative estimate of drug-likeness (QED) is 0.692. The second-order valence-electron chi connectivity index (χ2n) is 5.55. The highest BCUT2D eigenvalue weighted by Gasteiger charge is 2.16. The van der Waals surface area contributed by atoms with Crippen LogP contribution in [0, 0.1) is 0 Å². The lowest BCUT2D eigenvalue weighted by atomic mass is 10.1. The monoisotopic (exact) mass is 420 g/mol. The van der Waals surface area contributed by atoms with Crippen molar-refractivity contribution in [2.24, 2.45) is 0 Å². The van der Waals surface area contributed by atoms with Crippen molar-refractivity contribution in [2.75, 3.05) is 24.4 Å². The van der Waals surface area contributed by atoms with Crippen LogP contribution in [0.15, 0.2) is 40.9 Å². The fourth-order valence-electron chi connectivity index (χ4n) is 2.28. The van der Waals surface area contributed by atoms with E-state index in [1.807, 2.05) is 6.92 Å². The molecule has 7 heteroatoms. The largest absolute Gasteiger partial charge is 0.493 e. The predicted octanol–water partition coefficient (Wildman–Crippen LogP) is 4.46. The Bertz CT molecular complexity index is 808. The van der Waals surface area contributed by atoms with Crippen LogP contribution in [-0.2, 0) is 4.79 Å². The van der Waals surface area contributed by atoms with E-state index >= 15 is 0 Å². The lowest BCUT2D eigenvalue weighted by Gasteiger charge is -2.14. The molecular formula is C19H21BrN2O4. The van der Waals surface area contributed by atoms with Crippen molar-refractivity contribution in [3.8, 4) is 11.5 Å². The molecule has 2 aromatic carbocycles. The van der Waals surface area contributed by atoms with Gasteiger partial charge in [-0.2, -0.15) is 0 Å². The molecule has 0 saturated carbocycles. The van der Waals surface area contributed by atoms with Gasteiger partial charge in [0.25, 0.3) is 5.91 Å². The van der Waals surface area contributed by atoms with Crippen molar-refractivity contribution in [2.45, 2.75) is 20.3 Å². The topological polar surface area (TPSA) is 76.7 Å². The van der Waals surface area contributed by atoms with Crippen LogP contribution in [0.1, 0.15) is 30.6 Å². The molecular weight excluding hydrogens is 400 g/mol. The SMILES string of the molecule is CCCOc1c(Br)cc(C(=O)Nc2cccc(NC(C)=O)c2)cc1OC. The summed E-state index contributed by atoms with van der Waals surface area (Å²) < 4.78 is 11.7.